The van der Waals surface area contributed by atoms with Crippen LogP contribution >= 0.6 is 7.82 Å². The number of hydrogen-bond acceptors (Lipinski definition) is 3. The Hall–Kier alpha value is -0.220. The second kappa shape index (κ2) is 2.68. The summed E-state index contributed by atoms with van der Waals surface area (Å²) in [6.07, 6.45) is 2.02. The standard InChI is InChI=1S/C5H9O5P/c6-3-5(1-2-5)4-10-11(7,8)9/h3H,1-2,4H2,(H2,7,8,9). The number of hydrogen-bond donors (Lipinski definition) is 2. The van der Waals surface area contributed by atoms with Gasteiger partial charge in [-0.05, 0) is 12.8 Å². The molecule has 1 aliphatic carbocycles. The van der Waals surface area contributed by atoms with Gasteiger partial charge in [0.15, 0.2) is 0 Å². The number of phosphoric acid groups is 1. The number of aldehydes is 1. The molecule has 0 atom stereocenters. The van der Waals surface area contributed by atoms with Crippen LogP contribution in [0.5, 0.6) is 0 Å². The van der Waals surface area contributed by atoms with Crippen molar-refractivity contribution in [2.75, 3.05) is 6.61 Å². The van der Waals surface area contributed by atoms with Gasteiger partial charge in [-0.3, -0.25) is 4.52 Å². The zero-order chi connectivity index (χ0) is 8.54. The second-order valence-electron chi connectivity index (χ2n) is 2.74. The van der Waals surface area contributed by atoms with Gasteiger partial charge in [0.1, 0.15) is 6.29 Å². The first-order valence-corrected chi connectivity index (χ1v) is 4.67. The van der Waals surface area contributed by atoms with Crippen LogP contribution in [-0.4, -0.2) is 22.7 Å². The van der Waals surface area contributed by atoms with E-state index in [-0.39, 0.29) is 6.61 Å². The van der Waals surface area contributed by atoms with E-state index >= 15 is 0 Å². The first-order valence-electron chi connectivity index (χ1n) is 3.14. The molecule has 64 valence electrons. The lowest BCUT2D eigenvalue weighted by Crippen LogP contribution is -2.10. The molecule has 0 spiro atoms. The van der Waals surface area contributed by atoms with Crippen molar-refractivity contribution in [3.8, 4) is 0 Å². The molecule has 0 aromatic rings. The summed E-state index contributed by atoms with van der Waals surface area (Å²) in [5, 5.41) is 0. The third-order valence-corrected chi connectivity index (χ3v) is 2.13. The maximum Gasteiger partial charge on any atom is 0.469 e. The lowest BCUT2D eigenvalue weighted by Gasteiger charge is -2.07. The maximum absolute atomic E-state index is 10.3. The predicted octanol–water partition coefficient (Wildman–Crippen LogP) is 0.0748. The molecule has 0 aromatic carbocycles. The van der Waals surface area contributed by atoms with Gasteiger partial charge in [0.25, 0.3) is 0 Å². The maximum atomic E-state index is 10.3. The fourth-order valence-electron chi connectivity index (χ4n) is 0.669. The predicted molar refractivity (Wildman–Crippen MR) is 35.7 cm³/mol. The highest BCUT2D eigenvalue weighted by atomic mass is 31.2. The van der Waals surface area contributed by atoms with E-state index in [9.17, 15) is 9.36 Å². The summed E-state index contributed by atoms with van der Waals surface area (Å²) in [4.78, 5) is 26.8. The molecule has 1 saturated carbocycles. The molecule has 0 amide bonds. The van der Waals surface area contributed by atoms with Crippen LogP contribution in [0, 0.1) is 5.41 Å². The lowest BCUT2D eigenvalue weighted by atomic mass is 10.2. The largest absolute Gasteiger partial charge is 0.469 e. The van der Waals surface area contributed by atoms with Crippen molar-refractivity contribution in [1.29, 1.82) is 0 Å². The van der Waals surface area contributed by atoms with Gasteiger partial charge in [-0.2, -0.15) is 0 Å². The summed E-state index contributed by atoms with van der Waals surface area (Å²) < 4.78 is 14.4. The number of phosphoric ester groups is 1. The number of carbonyl (C=O) groups is 1. The minimum atomic E-state index is -4.39. The molecular weight excluding hydrogens is 171 g/mol. The lowest BCUT2D eigenvalue weighted by molar-refractivity contribution is -0.113. The van der Waals surface area contributed by atoms with Crippen LogP contribution in [-0.2, 0) is 13.9 Å². The van der Waals surface area contributed by atoms with Crippen LogP contribution in [0.2, 0.25) is 0 Å². The molecule has 0 heterocycles. The van der Waals surface area contributed by atoms with Crippen molar-refractivity contribution in [3.63, 3.8) is 0 Å². The molecule has 0 bridgehead atoms. The summed E-state index contributed by atoms with van der Waals surface area (Å²) in [6.45, 7) is -0.166. The van der Waals surface area contributed by atoms with E-state index in [0.29, 0.717) is 19.1 Å². The van der Waals surface area contributed by atoms with E-state index in [2.05, 4.69) is 4.52 Å². The molecule has 2 N–H and O–H groups in total. The molecule has 0 radical (unpaired) electrons. The van der Waals surface area contributed by atoms with E-state index in [1.54, 1.807) is 0 Å². The van der Waals surface area contributed by atoms with Crippen LogP contribution < -0.4 is 0 Å². The van der Waals surface area contributed by atoms with Crippen molar-refractivity contribution in [2.24, 2.45) is 5.41 Å². The topological polar surface area (TPSA) is 83.8 Å². The van der Waals surface area contributed by atoms with Gasteiger partial charge in [0.2, 0.25) is 0 Å². The van der Waals surface area contributed by atoms with Gasteiger partial charge in [-0.25, -0.2) is 4.57 Å². The molecule has 1 rings (SSSR count). The molecule has 0 unspecified atom stereocenters. The number of carbonyl (C=O) groups excluding carboxylic acids is 1. The molecule has 6 heteroatoms. The van der Waals surface area contributed by atoms with Gasteiger partial charge in [0.05, 0.1) is 6.61 Å². The van der Waals surface area contributed by atoms with Crippen LogP contribution in [0.3, 0.4) is 0 Å². The molecule has 1 fully saturated rings. The van der Waals surface area contributed by atoms with E-state index in [0.717, 1.165) is 0 Å². The zero-order valence-corrected chi connectivity index (χ0v) is 6.66. The zero-order valence-electron chi connectivity index (χ0n) is 5.77. The minimum absolute atomic E-state index is 0.166. The Morgan fingerprint density at radius 2 is 2.09 bits per heavy atom. The van der Waals surface area contributed by atoms with Crippen molar-refractivity contribution in [1.82, 2.24) is 0 Å². The van der Waals surface area contributed by atoms with E-state index in [1.165, 1.54) is 0 Å². The normalized spacial score (nSPS) is 21.3. The fraction of sp³-hybridized carbons (Fsp3) is 0.800. The smallest absolute Gasteiger partial charge is 0.303 e. The van der Waals surface area contributed by atoms with Gasteiger partial charge in [0, 0.05) is 5.41 Å². The van der Waals surface area contributed by atoms with Gasteiger partial charge in [-0.1, -0.05) is 0 Å². The fourth-order valence-corrected chi connectivity index (χ4v) is 1.09. The van der Waals surface area contributed by atoms with Crippen molar-refractivity contribution < 1.29 is 23.7 Å². The molecule has 1 aliphatic rings. The van der Waals surface area contributed by atoms with E-state index in [4.69, 9.17) is 9.79 Å². The Kier molecular flexibility index (Phi) is 2.16. The van der Waals surface area contributed by atoms with Gasteiger partial charge in [-0.15, -0.1) is 0 Å². The highest BCUT2D eigenvalue weighted by Gasteiger charge is 2.44. The third-order valence-electron chi connectivity index (χ3n) is 1.66. The Balaban J connectivity index is 2.33. The highest BCUT2D eigenvalue weighted by Crippen LogP contribution is 2.47. The SMILES string of the molecule is O=CC1(COP(=O)(O)O)CC1. The second-order valence-corrected chi connectivity index (χ2v) is 3.98. The molecular formula is C5H9O5P. The summed E-state index contributed by atoms with van der Waals surface area (Å²) in [5.74, 6) is 0. The Labute approximate surface area is 63.6 Å². The van der Waals surface area contributed by atoms with Gasteiger partial charge >= 0.3 is 7.82 Å². The summed E-state index contributed by atoms with van der Waals surface area (Å²) in [6, 6.07) is 0. The molecule has 0 aromatic heterocycles. The van der Waals surface area contributed by atoms with Crippen molar-refractivity contribution >= 4 is 14.1 Å². The minimum Gasteiger partial charge on any atom is -0.303 e. The average molecular weight is 180 g/mol. The van der Waals surface area contributed by atoms with Crippen molar-refractivity contribution in [3.05, 3.63) is 0 Å². The summed E-state index contributed by atoms with van der Waals surface area (Å²) >= 11 is 0. The average Bonchev–Trinajstić information content (AvgIpc) is 2.63. The monoisotopic (exact) mass is 180 g/mol. The quantitative estimate of drug-likeness (QED) is 0.472. The Morgan fingerprint density at radius 1 is 1.55 bits per heavy atom. The van der Waals surface area contributed by atoms with Crippen LogP contribution in [0.1, 0.15) is 12.8 Å². The van der Waals surface area contributed by atoms with E-state index in [1.807, 2.05) is 0 Å². The Morgan fingerprint density at radius 3 is 2.36 bits per heavy atom. The molecule has 0 saturated heterocycles. The first kappa shape index (κ1) is 8.87. The van der Waals surface area contributed by atoms with E-state index < -0.39 is 13.2 Å². The molecule has 0 aliphatic heterocycles. The van der Waals surface area contributed by atoms with Crippen molar-refractivity contribution in [2.45, 2.75) is 12.8 Å². The first-order chi connectivity index (χ1) is 4.97. The highest BCUT2D eigenvalue weighted by molar-refractivity contribution is 7.46. The summed E-state index contributed by atoms with van der Waals surface area (Å²) in [7, 11) is -4.39. The number of rotatable bonds is 4. The Bertz CT molecular complexity index is 203. The van der Waals surface area contributed by atoms with Crippen LogP contribution in [0.4, 0.5) is 0 Å². The van der Waals surface area contributed by atoms with Gasteiger partial charge < -0.3 is 14.6 Å². The third kappa shape index (κ3) is 2.71. The van der Waals surface area contributed by atoms with Crippen LogP contribution in [0.15, 0.2) is 0 Å². The summed E-state index contributed by atoms with van der Waals surface area (Å²) in [5.41, 5.74) is -0.596. The molecule has 5 nitrogen and oxygen atoms in total. The van der Waals surface area contributed by atoms with Crippen LogP contribution in [0.25, 0.3) is 0 Å². The molecule has 11 heavy (non-hydrogen) atoms.